The molecule has 0 atom stereocenters. The topological polar surface area (TPSA) is 46.6 Å². The number of rotatable bonds is 4. The summed E-state index contributed by atoms with van der Waals surface area (Å²) in [6, 6.07) is 16.3. The number of fused-ring (bicyclic) bond motifs is 3. The van der Waals surface area contributed by atoms with E-state index in [1.807, 2.05) is 24.3 Å². The highest BCUT2D eigenvalue weighted by atomic mass is 35.5. The molecule has 1 amide bonds. The van der Waals surface area contributed by atoms with Crippen molar-refractivity contribution in [2.45, 2.75) is 5.92 Å². The van der Waals surface area contributed by atoms with Gasteiger partial charge in [-0.1, -0.05) is 48.5 Å². The maximum absolute atomic E-state index is 11.9. The fraction of sp³-hybridized carbons (Fsp3) is 0.222. The highest BCUT2D eigenvalue weighted by Crippen LogP contribution is 2.44. The Bertz CT molecular complexity index is 714. The van der Waals surface area contributed by atoms with Crippen LogP contribution in [-0.4, -0.2) is 36.4 Å². The Hall–Kier alpha value is -2.33. The average Bonchev–Trinajstić information content (AvgIpc) is 2.87. The zero-order valence-corrected chi connectivity index (χ0v) is 13.4. The van der Waals surface area contributed by atoms with Crippen molar-refractivity contribution < 1.29 is 14.3 Å². The first-order valence-electron chi connectivity index (χ1n) is 7.32. The second-order valence-electron chi connectivity index (χ2n) is 5.52. The molecule has 1 aliphatic carbocycles. The van der Waals surface area contributed by atoms with Crippen molar-refractivity contribution in [3.63, 3.8) is 0 Å². The molecule has 0 spiro atoms. The lowest BCUT2D eigenvalue weighted by Crippen LogP contribution is -2.30. The van der Waals surface area contributed by atoms with Gasteiger partial charge in [-0.2, -0.15) is 0 Å². The van der Waals surface area contributed by atoms with E-state index in [4.69, 9.17) is 16.3 Å². The molecule has 2 aromatic rings. The van der Waals surface area contributed by atoms with Gasteiger partial charge >= 0.3 is 11.3 Å². The molecule has 0 unspecified atom stereocenters. The molecule has 4 nitrogen and oxygen atoms in total. The summed E-state index contributed by atoms with van der Waals surface area (Å²) in [5, 5.41) is -0.682. The number of hydrogen-bond acceptors (Lipinski definition) is 3. The zero-order valence-electron chi connectivity index (χ0n) is 12.7. The third-order valence-corrected chi connectivity index (χ3v) is 4.33. The molecule has 1 aliphatic rings. The second kappa shape index (κ2) is 6.42. The molecule has 23 heavy (non-hydrogen) atoms. The molecule has 0 saturated carbocycles. The first-order chi connectivity index (χ1) is 11.1. The standard InChI is InChI=1S/C18H16ClNO3/c1-20(18(19)22)10-17(21)23-11-16-14-8-4-2-6-12(14)13-7-3-5-9-15(13)16/h2-9,16H,10-11H2,1H3. The molecular weight excluding hydrogens is 314 g/mol. The third kappa shape index (κ3) is 3.08. The molecular formula is C18H16ClNO3. The highest BCUT2D eigenvalue weighted by molar-refractivity contribution is 6.62. The van der Waals surface area contributed by atoms with Crippen LogP contribution in [-0.2, 0) is 9.53 Å². The molecule has 0 N–H and O–H groups in total. The van der Waals surface area contributed by atoms with Crippen LogP contribution in [0, 0.1) is 0 Å². The third-order valence-electron chi connectivity index (χ3n) is 4.04. The minimum Gasteiger partial charge on any atom is -0.463 e. The van der Waals surface area contributed by atoms with Gasteiger partial charge in [-0.25, -0.2) is 0 Å². The lowest BCUT2D eigenvalue weighted by atomic mass is 9.98. The predicted molar refractivity (Wildman–Crippen MR) is 88.6 cm³/mol. The van der Waals surface area contributed by atoms with Crippen molar-refractivity contribution in [3.8, 4) is 11.1 Å². The van der Waals surface area contributed by atoms with Crippen LogP contribution in [0.25, 0.3) is 11.1 Å². The first kappa shape index (κ1) is 15.6. The summed E-state index contributed by atoms with van der Waals surface area (Å²) in [6.45, 7) is 0.0928. The summed E-state index contributed by atoms with van der Waals surface area (Å²) < 4.78 is 5.37. The number of esters is 1. The molecule has 0 aromatic heterocycles. The number of benzene rings is 2. The number of carbonyl (C=O) groups is 2. The lowest BCUT2D eigenvalue weighted by Gasteiger charge is -2.16. The summed E-state index contributed by atoms with van der Waals surface area (Å²) in [5.41, 5.74) is 4.67. The minimum absolute atomic E-state index is 0.0170. The summed E-state index contributed by atoms with van der Waals surface area (Å²) in [7, 11) is 1.46. The van der Waals surface area contributed by atoms with Crippen molar-refractivity contribution in [1.82, 2.24) is 4.90 Å². The molecule has 0 bridgehead atoms. The van der Waals surface area contributed by atoms with Gasteiger partial charge in [0.2, 0.25) is 0 Å². The number of halogens is 1. The molecule has 118 valence electrons. The van der Waals surface area contributed by atoms with E-state index in [1.54, 1.807) is 0 Å². The van der Waals surface area contributed by atoms with Crippen molar-refractivity contribution in [3.05, 3.63) is 59.7 Å². The Morgan fingerprint density at radius 2 is 1.57 bits per heavy atom. The Kier molecular flexibility index (Phi) is 4.35. The maximum atomic E-state index is 11.9. The quantitative estimate of drug-likeness (QED) is 0.489. The van der Waals surface area contributed by atoms with E-state index in [9.17, 15) is 9.59 Å². The SMILES string of the molecule is CN(CC(=O)OCC1c2ccccc2-c2ccccc21)C(=O)Cl. The van der Waals surface area contributed by atoms with Crippen LogP contribution in [0.3, 0.4) is 0 Å². The molecule has 0 radical (unpaired) electrons. The predicted octanol–water partition coefficient (Wildman–Crippen LogP) is 3.63. The van der Waals surface area contributed by atoms with Gasteiger partial charge in [-0.3, -0.25) is 9.59 Å². The minimum atomic E-state index is -0.682. The molecule has 0 heterocycles. The van der Waals surface area contributed by atoms with Crippen LogP contribution in [0.4, 0.5) is 4.79 Å². The number of ether oxygens (including phenoxy) is 1. The van der Waals surface area contributed by atoms with E-state index in [1.165, 1.54) is 18.2 Å². The van der Waals surface area contributed by atoms with Crippen LogP contribution in [0.2, 0.25) is 0 Å². The second-order valence-corrected chi connectivity index (χ2v) is 5.84. The molecule has 3 rings (SSSR count). The van der Waals surface area contributed by atoms with Crippen LogP contribution in [0.1, 0.15) is 17.0 Å². The first-order valence-corrected chi connectivity index (χ1v) is 7.70. The van der Waals surface area contributed by atoms with Crippen molar-refractivity contribution in [2.75, 3.05) is 20.2 Å². The summed E-state index contributed by atoms with van der Waals surface area (Å²) in [4.78, 5) is 23.9. The van der Waals surface area contributed by atoms with E-state index in [0.717, 1.165) is 16.0 Å². The average molecular weight is 330 g/mol. The summed E-state index contributed by atoms with van der Waals surface area (Å²) in [5.74, 6) is -0.452. The Balaban J connectivity index is 1.76. The number of nitrogens with zero attached hydrogens (tertiary/aromatic N) is 1. The van der Waals surface area contributed by atoms with Gasteiger partial charge in [0.1, 0.15) is 13.2 Å². The van der Waals surface area contributed by atoms with Gasteiger partial charge < -0.3 is 9.64 Å². The number of amides is 1. The van der Waals surface area contributed by atoms with Gasteiger partial charge in [-0.05, 0) is 33.9 Å². The van der Waals surface area contributed by atoms with Gasteiger partial charge in [0.25, 0.3) is 0 Å². The van der Waals surface area contributed by atoms with Crippen LogP contribution < -0.4 is 0 Å². The van der Waals surface area contributed by atoms with E-state index >= 15 is 0 Å². The Morgan fingerprint density at radius 3 is 2.09 bits per heavy atom. The van der Waals surface area contributed by atoms with Crippen LogP contribution in [0.15, 0.2) is 48.5 Å². The number of carbonyl (C=O) groups excluding carboxylic acids is 2. The fourth-order valence-electron chi connectivity index (χ4n) is 2.92. The summed E-state index contributed by atoms with van der Waals surface area (Å²) in [6.07, 6.45) is 0. The molecule has 0 fully saturated rings. The molecule has 0 aliphatic heterocycles. The van der Waals surface area contributed by atoms with Crippen molar-refractivity contribution in [2.24, 2.45) is 0 Å². The normalized spacial score (nSPS) is 12.4. The Labute approximate surface area is 139 Å². The van der Waals surface area contributed by atoms with E-state index in [0.29, 0.717) is 0 Å². The van der Waals surface area contributed by atoms with Crippen molar-refractivity contribution >= 4 is 22.9 Å². The van der Waals surface area contributed by atoms with Gasteiger partial charge in [-0.15, -0.1) is 0 Å². The number of likely N-dealkylation sites (N-methyl/N-ethyl adjacent to an activating group) is 1. The zero-order chi connectivity index (χ0) is 16.4. The van der Waals surface area contributed by atoms with E-state index in [2.05, 4.69) is 24.3 Å². The largest absolute Gasteiger partial charge is 0.463 e. The van der Waals surface area contributed by atoms with Gasteiger partial charge in [0.15, 0.2) is 0 Å². The molecule has 0 saturated heterocycles. The van der Waals surface area contributed by atoms with Crippen molar-refractivity contribution in [1.29, 1.82) is 0 Å². The van der Waals surface area contributed by atoms with E-state index < -0.39 is 11.3 Å². The Morgan fingerprint density at radius 1 is 1.04 bits per heavy atom. The summed E-state index contributed by atoms with van der Waals surface area (Å²) >= 11 is 5.31. The van der Waals surface area contributed by atoms with Crippen LogP contribution >= 0.6 is 11.6 Å². The monoisotopic (exact) mass is 329 g/mol. The number of hydrogen-bond donors (Lipinski definition) is 0. The molecule has 5 heteroatoms. The van der Waals surface area contributed by atoms with Gasteiger partial charge in [0, 0.05) is 13.0 Å². The van der Waals surface area contributed by atoms with Gasteiger partial charge in [0.05, 0.1) is 0 Å². The van der Waals surface area contributed by atoms with E-state index in [-0.39, 0.29) is 19.1 Å². The maximum Gasteiger partial charge on any atom is 0.325 e. The van der Waals surface area contributed by atoms with Crippen LogP contribution in [0.5, 0.6) is 0 Å². The lowest BCUT2D eigenvalue weighted by molar-refractivity contribution is -0.144. The smallest absolute Gasteiger partial charge is 0.325 e. The molecule has 2 aromatic carbocycles. The highest BCUT2D eigenvalue weighted by Gasteiger charge is 2.29. The fourth-order valence-corrected chi connectivity index (χ4v) is 2.98.